The van der Waals surface area contributed by atoms with Crippen LogP contribution in [0.1, 0.15) is 38.9 Å². The maximum atomic E-state index is 12.7. The number of nitrogens with zero attached hydrogens (tertiary/aromatic N) is 1. The molecule has 1 unspecified atom stereocenters. The minimum atomic E-state index is -0.0398. The van der Waals surface area contributed by atoms with E-state index in [1.807, 2.05) is 43.3 Å². The van der Waals surface area contributed by atoms with E-state index in [-0.39, 0.29) is 11.9 Å². The molecule has 0 radical (unpaired) electrons. The van der Waals surface area contributed by atoms with Crippen molar-refractivity contribution >= 4 is 5.91 Å². The van der Waals surface area contributed by atoms with Crippen LogP contribution in [0.5, 0.6) is 0 Å². The highest BCUT2D eigenvalue weighted by Gasteiger charge is 2.27. The predicted molar refractivity (Wildman–Crippen MR) is 106 cm³/mol. The van der Waals surface area contributed by atoms with Crippen LogP contribution in [0.15, 0.2) is 71.3 Å². The van der Waals surface area contributed by atoms with Crippen molar-refractivity contribution in [1.82, 2.24) is 10.2 Å². The fourth-order valence-corrected chi connectivity index (χ4v) is 3.79. The van der Waals surface area contributed by atoms with Gasteiger partial charge in [-0.15, -0.1) is 0 Å². The quantitative estimate of drug-likeness (QED) is 0.744. The first-order valence-corrected chi connectivity index (χ1v) is 9.40. The Balaban J connectivity index is 1.51. The number of carbonyl (C=O) groups is 1. The monoisotopic (exact) mass is 360 g/mol. The second-order valence-corrected chi connectivity index (χ2v) is 7.05. The van der Waals surface area contributed by atoms with Crippen molar-refractivity contribution in [1.29, 1.82) is 0 Å². The summed E-state index contributed by atoms with van der Waals surface area (Å²) in [5, 5.41) is 3.11. The van der Waals surface area contributed by atoms with Crippen LogP contribution >= 0.6 is 0 Å². The van der Waals surface area contributed by atoms with E-state index in [4.69, 9.17) is 4.42 Å². The molecule has 4 heteroatoms. The summed E-state index contributed by atoms with van der Waals surface area (Å²) in [7, 11) is 0. The number of aryl methyl sites for hydroxylation is 1. The molecule has 0 bridgehead atoms. The van der Waals surface area contributed by atoms with Gasteiger partial charge in [0, 0.05) is 25.2 Å². The van der Waals surface area contributed by atoms with Crippen LogP contribution in [0.2, 0.25) is 0 Å². The fourth-order valence-electron chi connectivity index (χ4n) is 3.79. The van der Waals surface area contributed by atoms with E-state index in [0.29, 0.717) is 6.54 Å². The number of rotatable bonds is 5. The second kappa shape index (κ2) is 7.80. The van der Waals surface area contributed by atoms with E-state index in [0.717, 1.165) is 36.4 Å². The van der Waals surface area contributed by atoms with Gasteiger partial charge in [-0.1, -0.05) is 42.5 Å². The molecule has 1 N–H and O–H groups in total. The molecule has 4 nitrogen and oxygen atoms in total. The van der Waals surface area contributed by atoms with Gasteiger partial charge in [-0.3, -0.25) is 9.69 Å². The Morgan fingerprint density at radius 1 is 1.07 bits per heavy atom. The Labute approximate surface area is 159 Å². The fraction of sp³-hybridized carbons (Fsp3) is 0.261. The van der Waals surface area contributed by atoms with Crippen molar-refractivity contribution < 1.29 is 9.21 Å². The standard InChI is InChI=1S/C23H24N2O2/c1-17-7-2-5-10-20(17)23(26)24-15-21(22-11-6-14-27-22)25-13-12-18-8-3-4-9-19(18)16-25/h2-11,14,21H,12-13,15-16H2,1H3,(H,24,26). The zero-order chi connectivity index (χ0) is 18.6. The van der Waals surface area contributed by atoms with Gasteiger partial charge in [-0.25, -0.2) is 0 Å². The summed E-state index contributed by atoms with van der Waals surface area (Å²) in [6, 6.07) is 20.2. The summed E-state index contributed by atoms with van der Waals surface area (Å²) in [5.41, 5.74) is 4.47. The predicted octanol–water partition coefficient (Wildman–Crippen LogP) is 4.12. The molecule has 1 aliphatic rings. The molecule has 2 heterocycles. The number of furan rings is 1. The number of hydrogen-bond donors (Lipinski definition) is 1. The Hall–Kier alpha value is -2.85. The zero-order valence-electron chi connectivity index (χ0n) is 15.5. The third kappa shape index (κ3) is 3.81. The van der Waals surface area contributed by atoms with E-state index in [2.05, 4.69) is 34.5 Å². The number of nitrogens with one attached hydrogen (secondary N) is 1. The molecule has 0 spiro atoms. The molecule has 0 saturated carbocycles. The average molecular weight is 360 g/mol. The lowest BCUT2D eigenvalue weighted by Crippen LogP contribution is -2.40. The molecular weight excluding hydrogens is 336 g/mol. The SMILES string of the molecule is Cc1ccccc1C(=O)NCC(c1ccco1)N1CCc2ccccc2C1. The zero-order valence-corrected chi connectivity index (χ0v) is 15.5. The van der Waals surface area contributed by atoms with Crippen LogP contribution in [0, 0.1) is 6.92 Å². The summed E-state index contributed by atoms with van der Waals surface area (Å²) in [6.07, 6.45) is 2.71. The van der Waals surface area contributed by atoms with Gasteiger partial charge in [-0.2, -0.15) is 0 Å². The minimum absolute atomic E-state index is 0.0151. The highest BCUT2D eigenvalue weighted by molar-refractivity contribution is 5.95. The molecule has 4 rings (SSSR count). The molecule has 27 heavy (non-hydrogen) atoms. The van der Waals surface area contributed by atoms with Gasteiger partial charge in [0.2, 0.25) is 0 Å². The van der Waals surface area contributed by atoms with E-state index in [1.54, 1.807) is 6.26 Å². The molecule has 1 amide bonds. The van der Waals surface area contributed by atoms with Crippen molar-refractivity contribution in [3.63, 3.8) is 0 Å². The van der Waals surface area contributed by atoms with Crippen molar-refractivity contribution in [2.75, 3.05) is 13.1 Å². The van der Waals surface area contributed by atoms with Crippen LogP contribution in [-0.2, 0) is 13.0 Å². The van der Waals surface area contributed by atoms with Crippen LogP contribution in [0.3, 0.4) is 0 Å². The van der Waals surface area contributed by atoms with Crippen LogP contribution in [-0.4, -0.2) is 23.9 Å². The number of hydrogen-bond acceptors (Lipinski definition) is 3. The first-order valence-electron chi connectivity index (χ1n) is 9.40. The second-order valence-electron chi connectivity index (χ2n) is 7.05. The molecule has 1 atom stereocenters. The van der Waals surface area contributed by atoms with Gasteiger partial charge in [0.25, 0.3) is 5.91 Å². The molecule has 2 aromatic carbocycles. The first-order chi connectivity index (χ1) is 13.2. The molecular formula is C23H24N2O2. The lowest BCUT2D eigenvalue weighted by Gasteiger charge is -2.34. The first kappa shape index (κ1) is 17.6. The van der Waals surface area contributed by atoms with Gasteiger partial charge in [0.05, 0.1) is 12.3 Å². The summed E-state index contributed by atoms with van der Waals surface area (Å²) in [5.74, 6) is 0.849. The number of amides is 1. The van der Waals surface area contributed by atoms with Crippen molar-refractivity contribution in [2.45, 2.75) is 25.9 Å². The summed E-state index contributed by atoms with van der Waals surface area (Å²) in [6.45, 7) is 4.29. The molecule has 3 aromatic rings. The largest absolute Gasteiger partial charge is 0.468 e. The van der Waals surface area contributed by atoms with Gasteiger partial charge in [-0.05, 0) is 48.2 Å². The highest BCUT2D eigenvalue weighted by atomic mass is 16.3. The smallest absolute Gasteiger partial charge is 0.251 e. The van der Waals surface area contributed by atoms with E-state index in [9.17, 15) is 4.79 Å². The van der Waals surface area contributed by atoms with Crippen molar-refractivity contribution in [2.24, 2.45) is 0 Å². The van der Waals surface area contributed by atoms with Gasteiger partial charge >= 0.3 is 0 Å². The van der Waals surface area contributed by atoms with Crippen LogP contribution in [0.4, 0.5) is 0 Å². The van der Waals surface area contributed by atoms with E-state index in [1.165, 1.54) is 11.1 Å². The molecule has 1 aromatic heterocycles. The maximum Gasteiger partial charge on any atom is 0.251 e. The molecule has 138 valence electrons. The highest BCUT2D eigenvalue weighted by Crippen LogP contribution is 2.28. The van der Waals surface area contributed by atoms with Gasteiger partial charge in [0.15, 0.2) is 0 Å². The average Bonchev–Trinajstić information content (AvgIpc) is 3.23. The van der Waals surface area contributed by atoms with Crippen molar-refractivity contribution in [3.8, 4) is 0 Å². The van der Waals surface area contributed by atoms with Gasteiger partial charge < -0.3 is 9.73 Å². The summed E-state index contributed by atoms with van der Waals surface area (Å²) >= 11 is 0. The Bertz CT molecular complexity index is 918. The van der Waals surface area contributed by atoms with Gasteiger partial charge in [0.1, 0.15) is 5.76 Å². The minimum Gasteiger partial charge on any atom is -0.468 e. The molecule has 0 fully saturated rings. The molecule has 0 saturated heterocycles. The van der Waals surface area contributed by atoms with Crippen LogP contribution < -0.4 is 5.32 Å². The Morgan fingerprint density at radius 3 is 2.63 bits per heavy atom. The summed E-state index contributed by atoms with van der Waals surface area (Å²) in [4.78, 5) is 15.0. The number of carbonyl (C=O) groups excluding carboxylic acids is 1. The number of fused-ring (bicyclic) bond motifs is 1. The topological polar surface area (TPSA) is 45.5 Å². The van der Waals surface area contributed by atoms with Crippen LogP contribution in [0.25, 0.3) is 0 Å². The molecule has 0 aliphatic carbocycles. The maximum absolute atomic E-state index is 12.7. The lowest BCUT2D eigenvalue weighted by molar-refractivity contribution is 0.0918. The number of benzene rings is 2. The van der Waals surface area contributed by atoms with E-state index >= 15 is 0 Å². The lowest BCUT2D eigenvalue weighted by atomic mass is 9.98. The Kier molecular flexibility index (Phi) is 5.07. The molecule has 1 aliphatic heterocycles. The third-order valence-corrected chi connectivity index (χ3v) is 5.32. The normalized spacial score (nSPS) is 15.1. The van der Waals surface area contributed by atoms with Crippen molar-refractivity contribution in [3.05, 3.63) is 94.9 Å². The summed E-state index contributed by atoms with van der Waals surface area (Å²) < 4.78 is 5.71. The third-order valence-electron chi connectivity index (χ3n) is 5.32. The Morgan fingerprint density at radius 2 is 1.85 bits per heavy atom. The van der Waals surface area contributed by atoms with E-state index < -0.39 is 0 Å².